The SMILES string of the molecule is CC(C)(C)c1ccc2c(c1)c1cc(C(C)(C)C)ccc1n2C1=CC(n2c3ccc(C(C)(C)C)cc3c3cc(C(C)(C)C)ccc32)C(C#N)c2c1oc1ccccc21. The van der Waals surface area contributed by atoms with Gasteiger partial charge >= 0.3 is 0 Å². The van der Waals surface area contributed by atoms with E-state index in [1.54, 1.807) is 0 Å². The van der Waals surface area contributed by atoms with Gasteiger partial charge in [0.05, 0.1) is 28.8 Å². The van der Waals surface area contributed by atoms with Gasteiger partial charge in [0.2, 0.25) is 0 Å². The summed E-state index contributed by atoms with van der Waals surface area (Å²) in [5, 5.41) is 17.2. The third-order valence-electron chi connectivity index (χ3n) is 12.6. The number of furan rings is 1. The number of hydrogen-bond acceptors (Lipinski definition) is 2. The predicted molar refractivity (Wildman–Crippen MR) is 241 cm³/mol. The van der Waals surface area contributed by atoms with Crippen molar-refractivity contribution in [2.75, 3.05) is 0 Å². The van der Waals surface area contributed by atoms with Gasteiger partial charge in [0, 0.05) is 43.5 Å². The number of fused-ring (bicyclic) bond motifs is 9. The first-order valence-corrected chi connectivity index (χ1v) is 20.6. The molecule has 0 bridgehead atoms. The minimum atomic E-state index is -0.496. The minimum absolute atomic E-state index is 0.0123. The molecule has 0 aliphatic heterocycles. The van der Waals surface area contributed by atoms with Crippen LogP contribution >= 0.6 is 0 Å². The number of nitriles is 1. The topological polar surface area (TPSA) is 46.8 Å². The van der Waals surface area contributed by atoms with E-state index >= 15 is 0 Å². The van der Waals surface area contributed by atoms with Crippen molar-refractivity contribution in [2.24, 2.45) is 0 Å². The molecule has 288 valence electrons. The van der Waals surface area contributed by atoms with Crippen molar-refractivity contribution in [1.82, 2.24) is 9.13 Å². The highest BCUT2D eigenvalue weighted by molar-refractivity contribution is 6.12. The third-order valence-corrected chi connectivity index (χ3v) is 12.6. The average molecular weight is 750 g/mol. The molecule has 3 aromatic heterocycles. The molecule has 9 rings (SSSR count). The van der Waals surface area contributed by atoms with Crippen LogP contribution in [0.25, 0.3) is 60.3 Å². The van der Waals surface area contributed by atoms with Crippen LogP contribution in [0.3, 0.4) is 0 Å². The van der Waals surface area contributed by atoms with Crippen LogP contribution < -0.4 is 0 Å². The highest BCUT2D eigenvalue weighted by Gasteiger charge is 2.39. The Morgan fingerprint density at radius 1 is 0.509 bits per heavy atom. The van der Waals surface area contributed by atoms with Crippen LogP contribution in [-0.4, -0.2) is 9.13 Å². The second-order valence-corrected chi connectivity index (χ2v) is 20.6. The molecular weight excluding hydrogens is 695 g/mol. The van der Waals surface area contributed by atoms with E-state index in [1.807, 2.05) is 12.1 Å². The molecule has 0 saturated carbocycles. The summed E-state index contributed by atoms with van der Waals surface area (Å²) in [6, 6.07) is 38.6. The van der Waals surface area contributed by atoms with Gasteiger partial charge in [-0.05, 0) is 105 Å². The molecule has 0 saturated heterocycles. The maximum atomic E-state index is 11.4. The molecule has 0 amide bonds. The molecule has 1 aliphatic carbocycles. The van der Waals surface area contributed by atoms with Gasteiger partial charge in [-0.3, -0.25) is 0 Å². The van der Waals surface area contributed by atoms with Gasteiger partial charge in [0.25, 0.3) is 0 Å². The average Bonchev–Trinajstić information content (AvgIpc) is 3.80. The smallest absolute Gasteiger partial charge is 0.156 e. The number of para-hydroxylation sites is 1. The first-order valence-electron chi connectivity index (χ1n) is 20.6. The highest BCUT2D eigenvalue weighted by Crippen LogP contribution is 2.51. The van der Waals surface area contributed by atoms with Gasteiger partial charge in [0.1, 0.15) is 11.5 Å². The van der Waals surface area contributed by atoms with Gasteiger partial charge < -0.3 is 13.6 Å². The van der Waals surface area contributed by atoms with Gasteiger partial charge in [-0.15, -0.1) is 0 Å². The molecule has 0 spiro atoms. The fourth-order valence-corrected chi connectivity index (χ4v) is 9.13. The molecule has 8 aromatic rings. The molecule has 0 radical (unpaired) electrons. The summed E-state index contributed by atoms with van der Waals surface area (Å²) in [7, 11) is 0. The summed E-state index contributed by atoms with van der Waals surface area (Å²) in [6.07, 6.45) is 2.33. The van der Waals surface area contributed by atoms with Crippen LogP contribution in [0.4, 0.5) is 0 Å². The normalized spacial score (nSPS) is 16.9. The lowest BCUT2D eigenvalue weighted by molar-refractivity contribution is 0.538. The first-order chi connectivity index (χ1) is 26.8. The summed E-state index contributed by atoms with van der Waals surface area (Å²) in [6.45, 7) is 27.4. The summed E-state index contributed by atoms with van der Waals surface area (Å²) in [5.74, 6) is 0.271. The van der Waals surface area contributed by atoms with Crippen LogP contribution in [0.5, 0.6) is 0 Å². The van der Waals surface area contributed by atoms with E-state index in [1.165, 1.54) is 43.8 Å². The van der Waals surface area contributed by atoms with E-state index in [2.05, 4.69) is 189 Å². The maximum absolute atomic E-state index is 11.4. The minimum Gasteiger partial charge on any atom is -0.454 e. The molecule has 0 N–H and O–H groups in total. The monoisotopic (exact) mass is 749 g/mol. The van der Waals surface area contributed by atoms with Crippen LogP contribution in [0.1, 0.15) is 129 Å². The van der Waals surface area contributed by atoms with E-state index in [4.69, 9.17) is 4.42 Å². The molecule has 4 nitrogen and oxygen atoms in total. The van der Waals surface area contributed by atoms with Crippen molar-refractivity contribution in [2.45, 2.75) is 117 Å². The van der Waals surface area contributed by atoms with Crippen LogP contribution in [0, 0.1) is 11.3 Å². The van der Waals surface area contributed by atoms with Crippen molar-refractivity contribution < 1.29 is 4.42 Å². The first kappa shape index (κ1) is 37.1. The molecular formula is C53H55N3O. The van der Waals surface area contributed by atoms with Gasteiger partial charge in [0.15, 0.2) is 5.76 Å². The number of allylic oxidation sites excluding steroid dienone is 1. The lowest BCUT2D eigenvalue weighted by atomic mass is 9.84. The van der Waals surface area contributed by atoms with Crippen molar-refractivity contribution in [3.8, 4) is 6.07 Å². The molecule has 57 heavy (non-hydrogen) atoms. The number of hydrogen-bond donors (Lipinski definition) is 0. The zero-order valence-corrected chi connectivity index (χ0v) is 35.7. The molecule has 4 heteroatoms. The second kappa shape index (κ2) is 12.2. The summed E-state index contributed by atoms with van der Waals surface area (Å²) in [4.78, 5) is 0. The number of nitrogens with zero attached hydrogens (tertiary/aromatic N) is 3. The van der Waals surface area contributed by atoms with E-state index < -0.39 is 5.92 Å². The van der Waals surface area contributed by atoms with E-state index in [0.717, 1.165) is 50.1 Å². The Morgan fingerprint density at radius 3 is 1.33 bits per heavy atom. The molecule has 0 fully saturated rings. The Morgan fingerprint density at radius 2 is 0.912 bits per heavy atom. The Balaban J connectivity index is 1.42. The number of aromatic nitrogens is 2. The molecule has 3 heterocycles. The fourth-order valence-electron chi connectivity index (χ4n) is 9.13. The van der Waals surface area contributed by atoms with Crippen LogP contribution in [-0.2, 0) is 21.7 Å². The lowest BCUT2D eigenvalue weighted by Gasteiger charge is -2.29. The van der Waals surface area contributed by atoms with Crippen molar-refractivity contribution >= 4 is 60.3 Å². The van der Waals surface area contributed by atoms with Gasteiger partial charge in [-0.25, -0.2) is 0 Å². The highest BCUT2D eigenvalue weighted by atomic mass is 16.3. The molecule has 2 unspecified atom stereocenters. The zero-order chi connectivity index (χ0) is 40.6. The second-order valence-electron chi connectivity index (χ2n) is 20.6. The lowest BCUT2D eigenvalue weighted by Crippen LogP contribution is -2.21. The Kier molecular flexibility index (Phi) is 7.96. The Labute approximate surface area is 337 Å². The van der Waals surface area contributed by atoms with Crippen molar-refractivity contribution in [3.63, 3.8) is 0 Å². The summed E-state index contributed by atoms with van der Waals surface area (Å²) >= 11 is 0. The molecule has 1 aliphatic rings. The predicted octanol–water partition coefficient (Wildman–Crippen LogP) is 14.6. The van der Waals surface area contributed by atoms with E-state index in [9.17, 15) is 5.26 Å². The van der Waals surface area contributed by atoms with Crippen LogP contribution in [0.2, 0.25) is 0 Å². The molecule has 5 aromatic carbocycles. The Bertz CT molecular complexity index is 2870. The quantitative estimate of drug-likeness (QED) is 0.177. The van der Waals surface area contributed by atoms with Crippen LogP contribution in [0.15, 0.2) is 108 Å². The van der Waals surface area contributed by atoms with Gasteiger partial charge in [-0.1, -0.05) is 126 Å². The third kappa shape index (κ3) is 5.76. The van der Waals surface area contributed by atoms with Crippen molar-refractivity contribution in [1.29, 1.82) is 5.26 Å². The van der Waals surface area contributed by atoms with Crippen molar-refractivity contribution in [3.05, 3.63) is 137 Å². The summed E-state index contributed by atoms with van der Waals surface area (Å²) < 4.78 is 11.8. The van der Waals surface area contributed by atoms with E-state index in [0.29, 0.717) is 0 Å². The zero-order valence-electron chi connectivity index (χ0n) is 35.7. The largest absolute Gasteiger partial charge is 0.454 e. The number of rotatable bonds is 2. The molecule has 2 atom stereocenters. The number of benzene rings is 5. The summed E-state index contributed by atoms with van der Waals surface area (Å²) in [5.41, 5.74) is 12.4. The standard InChI is InChI=1S/C53H55N3O/c1-50(2,3)31-17-21-41-36(25-31)37-26-32(51(4,5)6)18-22-42(37)55(41)45-29-46(49-48(40(45)30-54)35-15-13-14-16-47(35)57-49)56-43-23-19-33(52(7,8)9)27-38(43)39-28-34(53(10,11)12)20-24-44(39)56/h13-29,40,45H,1-12H3. The van der Waals surface area contributed by atoms with E-state index in [-0.39, 0.29) is 27.7 Å². The van der Waals surface area contributed by atoms with Gasteiger partial charge in [-0.2, -0.15) is 5.26 Å². The fraction of sp³-hybridized carbons (Fsp3) is 0.340. The Hall–Kier alpha value is -5.53. The maximum Gasteiger partial charge on any atom is 0.156 e.